The highest BCUT2D eigenvalue weighted by molar-refractivity contribution is 6.31. The summed E-state index contributed by atoms with van der Waals surface area (Å²) in [5, 5.41) is 4.71. The molecule has 0 bridgehead atoms. The molecule has 2 aromatic carbocycles. The number of rotatable bonds is 3. The molecule has 1 aromatic heterocycles. The predicted molar refractivity (Wildman–Crippen MR) is 82.6 cm³/mol. The van der Waals surface area contributed by atoms with Gasteiger partial charge in [-0.05, 0) is 35.4 Å². The van der Waals surface area contributed by atoms with Gasteiger partial charge in [0.15, 0.2) is 0 Å². The molecule has 0 aliphatic carbocycles. The number of nitrogen functional groups attached to an aromatic ring is 1. The Balaban J connectivity index is 1.83. The number of benzene rings is 2. The van der Waals surface area contributed by atoms with Crippen molar-refractivity contribution < 1.29 is 4.39 Å². The SMILES string of the molecule is Nc1ccc(-c2cnn(Cc3ccc(F)cc3Cl)c2)cc1. The summed E-state index contributed by atoms with van der Waals surface area (Å²) in [6.07, 6.45) is 3.70. The Labute approximate surface area is 126 Å². The number of halogens is 2. The molecule has 21 heavy (non-hydrogen) atoms. The molecule has 2 N–H and O–H groups in total. The van der Waals surface area contributed by atoms with E-state index < -0.39 is 0 Å². The van der Waals surface area contributed by atoms with Crippen LogP contribution in [0.3, 0.4) is 0 Å². The van der Waals surface area contributed by atoms with Crippen molar-refractivity contribution in [1.29, 1.82) is 0 Å². The maximum atomic E-state index is 13.0. The Bertz CT molecular complexity index is 765. The van der Waals surface area contributed by atoms with Gasteiger partial charge in [-0.2, -0.15) is 5.10 Å². The quantitative estimate of drug-likeness (QED) is 0.744. The van der Waals surface area contributed by atoms with Crippen LogP contribution >= 0.6 is 11.6 Å². The lowest BCUT2D eigenvalue weighted by molar-refractivity contribution is 0.624. The molecule has 0 fully saturated rings. The number of hydrogen-bond donors (Lipinski definition) is 1. The first kappa shape index (κ1) is 13.6. The number of nitrogens with two attached hydrogens (primary N) is 1. The summed E-state index contributed by atoms with van der Waals surface area (Å²) in [5.74, 6) is -0.341. The molecule has 0 saturated carbocycles. The van der Waals surface area contributed by atoms with Gasteiger partial charge in [-0.3, -0.25) is 4.68 Å². The van der Waals surface area contributed by atoms with E-state index >= 15 is 0 Å². The molecule has 1 heterocycles. The van der Waals surface area contributed by atoms with Crippen molar-refractivity contribution in [2.24, 2.45) is 0 Å². The lowest BCUT2D eigenvalue weighted by Gasteiger charge is -2.04. The Hall–Kier alpha value is -2.33. The van der Waals surface area contributed by atoms with Crippen LogP contribution in [0.2, 0.25) is 5.02 Å². The van der Waals surface area contributed by atoms with Gasteiger partial charge in [-0.25, -0.2) is 4.39 Å². The first-order valence-corrected chi connectivity index (χ1v) is 6.82. The number of aromatic nitrogens is 2. The smallest absolute Gasteiger partial charge is 0.124 e. The maximum Gasteiger partial charge on any atom is 0.124 e. The average molecular weight is 302 g/mol. The minimum atomic E-state index is -0.341. The van der Waals surface area contributed by atoms with E-state index in [2.05, 4.69) is 5.10 Å². The van der Waals surface area contributed by atoms with E-state index in [0.717, 1.165) is 22.4 Å². The Morgan fingerprint density at radius 3 is 2.57 bits per heavy atom. The molecule has 0 unspecified atom stereocenters. The molecule has 0 atom stereocenters. The molecule has 3 nitrogen and oxygen atoms in total. The fourth-order valence-corrected chi connectivity index (χ4v) is 2.33. The van der Waals surface area contributed by atoms with Crippen LogP contribution < -0.4 is 5.73 Å². The van der Waals surface area contributed by atoms with Gasteiger partial charge < -0.3 is 5.73 Å². The standard InChI is InChI=1S/C16H13ClFN3/c17-16-7-14(18)4-1-12(16)9-21-10-13(8-20-21)11-2-5-15(19)6-3-11/h1-8,10H,9,19H2. The zero-order chi connectivity index (χ0) is 14.8. The van der Waals surface area contributed by atoms with Crippen LogP contribution in [-0.4, -0.2) is 9.78 Å². The van der Waals surface area contributed by atoms with Crippen molar-refractivity contribution >= 4 is 17.3 Å². The van der Waals surface area contributed by atoms with E-state index in [0.29, 0.717) is 11.6 Å². The zero-order valence-corrected chi connectivity index (χ0v) is 11.9. The second kappa shape index (κ2) is 5.58. The fourth-order valence-electron chi connectivity index (χ4n) is 2.10. The third-order valence-corrected chi connectivity index (χ3v) is 3.58. The summed E-state index contributed by atoms with van der Waals surface area (Å²) in [6.45, 7) is 0.494. The van der Waals surface area contributed by atoms with Crippen LogP contribution in [0.5, 0.6) is 0 Å². The lowest BCUT2D eigenvalue weighted by atomic mass is 10.1. The van der Waals surface area contributed by atoms with Gasteiger partial charge >= 0.3 is 0 Å². The van der Waals surface area contributed by atoms with Crippen LogP contribution in [0.1, 0.15) is 5.56 Å². The summed E-state index contributed by atoms with van der Waals surface area (Å²) in [4.78, 5) is 0. The molecule has 0 amide bonds. The highest BCUT2D eigenvalue weighted by atomic mass is 35.5. The van der Waals surface area contributed by atoms with Crippen molar-refractivity contribution in [3.05, 3.63) is 71.3 Å². The summed E-state index contributed by atoms with van der Waals surface area (Å²) < 4.78 is 14.8. The predicted octanol–water partition coefficient (Wildman–Crippen LogP) is 3.97. The molecular weight excluding hydrogens is 289 g/mol. The minimum Gasteiger partial charge on any atom is -0.399 e. The van der Waals surface area contributed by atoms with Gasteiger partial charge in [-0.15, -0.1) is 0 Å². The largest absolute Gasteiger partial charge is 0.399 e. The van der Waals surface area contributed by atoms with Crippen molar-refractivity contribution in [3.63, 3.8) is 0 Å². The van der Waals surface area contributed by atoms with Gasteiger partial charge in [0.1, 0.15) is 5.82 Å². The molecule has 0 spiro atoms. The molecular formula is C16H13ClFN3. The molecule has 0 radical (unpaired) electrons. The fraction of sp³-hybridized carbons (Fsp3) is 0.0625. The summed E-state index contributed by atoms with van der Waals surface area (Å²) in [5.41, 5.74) is 9.26. The van der Waals surface area contributed by atoms with Gasteiger partial charge in [0.25, 0.3) is 0 Å². The van der Waals surface area contributed by atoms with Gasteiger partial charge in [0.2, 0.25) is 0 Å². The summed E-state index contributed by atoms with van der Waals surface area (Å²) in [7, 11) is 0. The van der Waals surface area contributed by atoms with E-state index in [1.807, 2.05) is 30.5 Å². The lowest BCUT2D eigenvalue weighted by Crippen LogP contribution is -2.00. The maximum absolute atomic E-state index is 13.0. The topological polar surface area (TPSA) is 43.8 Å². The van der Waals surface area contributed by atoms with Gasteiger partial charge in [-0.1, -0.05) is 29.8 Å². The zero-order valence-electron chi connectivity index (χ0n) is 11.1. The first-order chi connectivity index (χ1) is 10.1. The van der Waals surface area contributed by atoms with E-state index in [1.165, 1.54) is 12.1 Å². The molecule has 106 valence electrons. The first-order valence-electron chi connectivity index (χ1n) is 6.44. The normalized spacial score (nSPS) is 10.8. The van der Waals surface area contributed by atoms with E-state index in [9.17, 15) is 4.39 Å². The molecule has 3 aromatic rings. The third-order valence-electron chi connectivity index (χ3n) is 3.22. The monoisotopic (exact) mass is 301 g/mol. The van der Waals surface area contributed by atoms with E-state index in [1.54, 1.807) is 16.9 Å². The number of nitrogens with zero attached hydrogens (tertiary/aromatic N) is 2. The highest BCUT2D eigenvalue weighted by Crippen LogP contribution is 2.22. The van der Waals surface area contributed by atoms with Crippen molar-refractivity contribution in [2.75, 3.05) is 5.73 Å². The van der Waals surface area contributed by atoms with E-state index in [-0.39, 0.29) is 5.82 Å². The molecule has 0 saturated heterocycles. The van der Waals surface area contributed by atoms with Gasteiger partial charge in [0, 0.05) is 22.5 Å². The molecule has 5 heteroatoms. The van der Waals surface area contributed by atoms with Crippen LogP contribution in [-0.2, 0) is 6.54 Å². The second-order valence-corrected chi connectivity index (χ2v) is 5.19. The Kier molecular flexibility index (Phi) is 3.62. The van der Waals surface area contributed by atoms with Crippen molar-refractivity contribution in [2.45, 2.75) is 6.54 Å². The molecule has 0 aliphatic rings. The Morgan fingerprint density at radius 2 is 1.86 bits per heavy atom. The average Bonchev–Trinajstić information content (AvgIpc) is 2.91. The van der Waals surface area contributed by atoms with Crippen molar-refractivity contribution in [3.8, 4) is 11.1 Å². The number of hydrogen-bond acceptors (Lipinski definition) is 2. The highest BCUT2D eigenvalue weighted by Gasteiger charge is 2.06. The number of anilines is 1. The molecule has 3 rings (SSSR count). The van der Waals surface area contributed by atoms with Crippen LogP contribution in [0.4, 0.5) is 10.1 Å². The van der Waals surface area contributed by atoms with Crippen LogP contribution in [0.25, 0.3) is 11.1 Å². The van der Waals surface area contributed by atoms with Gasteiger partial charge in [0.05, 0.1) is 12.7 Å². The summed E-state index contributed by atoms with van der Waals surface area (Å²) in [6, 6.07) is 12.0. The minimum absolute atomic E-state index is 0.341. The van der Waals surface area contributed by atoms with Crippen LogP contribution in [0, 0.1) is 5.82 Å². The van der Waals surface area contributed by atoms with E-state index in [4.69, 9.17) is 17.3 Å². The second-order valence-electron chi connectivity index (χ2n) is 4.78. The third kappa shape index (κ3) is 3.06. The summed E-state index contributed by atoms with van der Waals surface area (Å²) >= 11 is 6.03. The van der Waals surface area contributed by atoms with Crippen LogP contribution in [0.15, 0.2) is 54.9 Å². The molecule has 0 aliphatic heterocycles. The van der Waals surface area contributed by atoms with Crippen molar-refractivity contribution in [1.82, 2.24) is 9.78 Å². The Morgan fingerprint density at radius 1 is 1.10 bits per heavy atom.